The minimum Gasteiger partial charge on any atom is -0.333 e. The molecule has 1 aromatic carbocycles. The molecule has 2 aliphatic heterocycles. The molecule has 2 heterocycles. The monoisotopic (exact) mass is 444 g/mol. The van der Waals surface area contributed by atoms with E-state index >= 15 is 0 Å². The maximum atomic E-state index is 13.1. The number of piperidine rings is 1. The van der Waals surface area contributed by atoms with E-state index in [0.717, 1.165) is 34.4 Å². The Bertz CT molecular complexity index is 534. The lowest BCUT2D eigenvalue weighted by Gasteiger charge is -2.36. The van der Waals surface area contributed by atoms with Crippen molar-refractivity contribution >= 4 is 40.3 Å². The molecule has 1 unspecified atom stereocenters. The number of carbonyl (C=O) groups is 1. The van der Waals surface area contributed by atoms with Crippen LogP contribution in [0, 0.1) is 3.57 Å². The average Bonchev–Trinajstić information content (AvgIpc) is 2.81. The predicted molar refractivity (Wildman–Crippen MR) is 106 cm³/mol. The Kier molecular flexibility index (Phi) is 6.65. The molecular formula is C18H25IN2OS. The smallest absolute Gasteiger partial charge is 0.255 e. The molecule has 23 heavy (non-hydrogen) atoms. The quantitative estimate of drug-likeness (QED) is 0.664. The second-order valence-electron chi connectivity index (χ2n) is 6.42. The number of hydrogen-bond donors (Lipinski definition) is 0. The number of carbonyl (C=O) groups excluding carboxylic acids is 1. The highest BCUT2D eigenvalue weighted by Gasteiger charge is 2.29. The highest BCUT2D eigenvalue weighted by atomic mass is 127. The fraction of sp³-hybridized carbons (Fsp3) is 0.611. The van der Waals surface area contributed by atoms with Crippen LogP contribution in [0.4, 0.5) is 0 Å². The van der Waals surface area contributed by atoms with Crippen molar-refractivity contribution < 1.29 is 4.79 Å². The van der Waals surface area contributed by atoms with E-state index in [9.17, 15) is 4.79 Å². The van der Waals surface area contributed by atoms with Gasteiger partial charge in [0.05, 0.1) is 11.6 Å². The van der Waals surface area contributed by atoms with Crippen molar-refractivity contribution in [2.75, 3.05) is 37.7 Å². The molecule has 1 amide bonds. The third-order valence-corrected chi connectivity index (χ3v) is 6.86. The number of nitrogens with zero attached hydrogens (tertiary/aromatic N) is 2. The van der Waals surface area contributed by atoms with Gasteiger partial charge in [0.1, 0.15) is 0 Å². The van der Waals surface area contributed by atoms with Crippen LogP contribution in [0.2, 0.25) is 0 Å². The van der Waals surface area contributed by atoms with E-state index in [1.165, 1.54) is 38.1 Å². The normalized spacial score (nSPS) is 23.5. The minimum atomic E-state index is 0.222. The minimum absolute atomic E-state index is 0.222. The van der Waals surface area contributed by atoms with Crippen LogP contribution < -0.4 is 0 Å². The summed E-state index contributed by atoms with van der Waals surface area (Å²) in [5.74, 6) is 2.47. The zero-order chi connectivity index (χ0) is 16.1. The summed E-state index contributed by atoms with van der Waals surface area (Å²) in [6, 6.07) is 8.33. The van der Waals surface area contributed by atoms with E-state index < -0.39 is 0 Å². The first-order chi connectivity index (χ1) is 11.3. The first kappa shape index (κ1) is 17.5. The molecule has 0 bridgehead atoms. The number of benzene rings is 1. The lowest BCUT2D eigenvalue weighted by atomic mass is 10.1. The Morgan fingerprint density at radius 3 is 2.70 bits per heavy atom. The predicted octanol–water partition coefficient (Wildman–Crippen LogP) is 3.72. The van der Waals surface area contributed by atoms with E-state index in [0.29, 0.717) is 6.04 Å². The second-order valence-corrected chi connectivity index (χ2v) is 8.73. The maximum Gasteiger partial charge on any atom is 0.255 e. The summed E-state index contributed by atoms with van der Waals surface area (Å²) < 4.78 is 1.06. The first-order valence-electron chi connectivity index (χ1n) is 8.61. The summed E-state index contributed by atoms with van der Waals surface area (Å²) in [5.41, 5.74) is 0.864. The van der Waals surface area contributed by atoms with Gasteiger partial charge in [0.25, 0.3) is 5.91 Å². The molecule has 0 radical (unpaired) electrons. The summed E-state index contributed by atoms with van der Waals surface area (Å²) in [4.78, 5) is 17.8. The average molecular weight is 444 g/mol. The molecule has 0 aromatic heterocycles. The SMILES string of the molecule is O=C(c1ccccc1I)N1CCCSCC1CN1CCCCC1. The van der Waals surface area contributed by atoms with Crippen molar-refractivity contribution in [2.24, 2.45) is 0 Å². The van der Waals surface area contributed by atoms with Crippen molar-refractivity contribution in [2.45, 2.75) is 31.7 Å². The van der Waals surface area contributed by atoms with Gasteiger partial charge in [-0.05, 0) is 72.8 Å². The molecule has 2 aliphatic rings. The van der Waals surface area contributed by atoms with Crippen LogP contribution in [0.3, 0.4) is 0 Å². The topological polar surface area (TPSA) is 23.6 Å². The van der Waals surface area contributed by atoms with Gasteiger partial charge in [-0.2, -0.15) is 11.8 Å². The fourth-order valence-corrected chi connectivity index (χ4v) is 5.15. The molecule has 0 N–H and O–H groups in total. The van der Waals surface area contributed by atoms with Crippen LogP contribution >= 0.6 is 34.4 Å². The van der Waals surface area contributed by atoms with Crippen LogP contribution in [0.5, 0.6) is 0 Å². The van der Waals surface area contributed by atoms with Crippen LogP contribution in [-0.4, -0.2) is 59.4 Å². The van der Waals surface area contributed by atoms with Gasteiger partial charge in [-0.3, -0.25) is 4.79 Å². The molecule has 2 saturated heterocycles. The summed E-state index contributed by atoms with van der Waals surface area (Å²) >= 11 is 4.29. The van der Waals surface area contributed by atoms with Crippen LogP contribution in [0.15, 0.2) is 24.3 Å². The third kappa shape index (κ3) is 4.63. The van der Waals surface area contributed by atoms with Gasteiger partial charge in [-0.15, -0.1) is 0 Å². The summed E-state index contributed by atoms with van der Waals surface area (Å²) in [7, 11) is 0. The number of thioether (sulfide) groups is 1. The molecule has 1 atom stereocenters. The number of halogens is 1. The molecule has 2 fully saturated rings. The van der Waals surface area contributed by atoms with E-state index in [1.54, 1.807) is 0 Å². The number of likely N-dealkylation sites (tertiary alicyclic amines) is 1. The molecular weight excluding hydrogens is 419 g/mol. The maximum absolute atomic E-state index is 13.1. The standard InChI is InChI=1S/C18H25IN2OS/c19-17-8-3-2-7-16(17)18(22)21-11-6-12-23-14-15(21)13-20-9-4-1-5-10-20/h2-3,7-8,15H,1,4-6,9-14H2. The van der Waals surface area contributed by atoms with E-state index in [4.69, 9.17) is 0 Å². The third-order valence-electron chi connectivity index (χ3n) is 4.72. The zero-order valence-electron chi connectivity index (χ0n) is 13.5. The zero-order valence-corrected chi connectivity index (χ0v) is 16.5. The van der Waals surface area contributed by atoms with Gasteiger partial charge >= 0.3 is 0 Å². The number of rotatable bonds is 3. The largest absolute Gasteiger partial charge is 0.333 e. The van der Waals surface area contributed by atoms with E-state index in [-0.39, 0.29) is 5.91 Å². The first-order valence-corrected chi connectivity index (χ1v) is 10.8. The molecule has 0 saturated carbocycles. The van der Waals surface area contributed by atoms with Crippen LogP contribution in [-0.2, 0) is 0 Å². The molecule has 5 heteroatoms. The van der Waals surface area contributed by atoms with Crippen molar-refractivity contribution in [3.63, 3.8) is 0 Å². The van der Waals surface area contributed by atoms with E-state index in [1.807, 2.05) is 36.0 Å². The van der Waals surface area contributed by atoms with Crippen molar-refractivity contribution in [3.8, 4) is 0 Å². The Labute approximate surface area is 157 Å². The number of amides is 1. The van der Waals surface area contributed by atoms with Gasteiger partial charge in [-0.1, -0.05) is 18.6 Å². The highest BCUT2D eigenvalue weighted by molar-refractivity contribution is 14.1. The molecule has 3 nitrogen and oxygen atoms in total. The molecule has 0 spiro atoms. The van der Waals surface area contributed by atoms with Gasteiger partial charge in [-0.25, -0.2) is 0 Å². The summed E-state index contributed by atoms with van der Waals surface area (Å²) in [5, 5.41) is 0. The van der Waals surface area contributed by atoms with Gasteiger partial charge < -0.3 is 9.80 Å². The molecule has 1 aromatic rings. The lowest BCUT2D eigenvalue weighted by Crippen LogP contribution is -2.49. The molecule has 3 rings (SSSR count). The fourth-order valence-electron chi connectivity index (χ4n) is 3.48. The summed E-state index contributed by atoms with van der Waals surface area (Å²) in [6.07, 6.45) is 5.09. The molecule has 126 valence electrons. The second kappa shape index (κ2) is 8.72. The number of hydrogen-bond acceptors (Lipinski definition) is 3. The Morgan fingerprint density at radius 1 is 1.13 bits per heavy atom. The van der Waals surface area contributed by atoms with Crippen molar-refractivity contribution in [3.05, 3.63) is 33.4 Å². The van der Waals surface area contributed by atoms with Crippen LogP contribution in [0.25, 0.3) is 0 Å². The van der Waals surface area contributed by atoms with Crippen LogP contribution in [0.1, 0.15) is 36.0 Å². The molecule has 0 aliphatic carbocycles. The van der Waals surface area contributed by atoms with Gasteiger partial charge in [0.15, 0.2) is 0 Å². The Hall–Kier alpha value is -0.270. The lowest BCUT2D eigenvalue weighted by molar-refractivity contribution is 0.0644. The van der Waals surface area contributed by atoms with Gasteiger partial charge in [0.2, 0.25) is 0 Å². The Balaban J connectivity index is 1.75. The summed E-state index contributed by atoms with van der Waals surface area (Å²) in [6.45, 7) is 4.34. The van der Waals surface area contributed by atoms with Crippen molar-refractivity contribution in [1.82, 2.24) is 9.80 Å². The van der Waals surface area contributed by atoms with E-state index in [2.05, 4.69) is 32.4 Å². The van der Waals surface area contributed by atoms with Gasteiger partial charge in [0, 0.05) is 22.4 Å². The van der Waals surface area contributed by atoms with Crippen molar-refractivity contribution in [1.29, 1.82) is 0 Å². The Morgan fingerprint density at radius 2 is 1.91 bits per heavy atom. The highest BCUT2D eigenvalue weighted by Crippen LogP contribution is 2.22.